The molecule has 0 spiro atoms. The van der Waals surface area contributed by atoms with Gasteiger partial charge in [-0.3, -0.25) is 9.59 Å². The number of hydrogen-bond acceptors (Lipinski definition) is 4. The third-order valence-electron chi connectivity index (χ3n) is 3.97. The zero-order valence-electron chi connectivity index (χ0n) is 14.8. The molecule has 0 saturated carbocycles. The van der Waals surface area contributed by atoms with Crippen LogP contribution in [-0.4, -0.2) is 47.1 Å². The average Bonchev–Trinajstić information content (AvgIpc) is 3.03. The van der Waals surface area contributed by atoms with E-state index in [-0.39, 0.29) is 11.8 Å². The molecule has 1 fully saturated rings. The topological polar surface area (TPSA) is 58.6 Å². The molecule has 0 aromatic heterocycles. The Kier molecular flexibility index (Phi) is 7.25. The van der Waals surface area contributed by atoms with Gasteiger partial charge < -0.3 is 15.0 Å². The number of carbonyl (C=O) groups is 2. The molecule has 1 N–H and O–H groups in total. The fourth-order valence-corrected chi connectivity index (χ4v) is 3.62. The van der Waals surface area contributed by atoms with Gasteiger partial charge in [0.2, 0.25) is 5.91 Å². The lowest BCUT2D eigenvalue weighted by Gasteiger charge is -2.26. The van der Waals surface area contributed by atoms with Crippen LogP contribution >= 0.6 is 11.8 Å². The molecule has 0 aliphatic carbocycles. The van der Waals surface area contributed by atoms with Crippen molar-refractivity contribution in [1.29, 1.82) is 0 Å². The Hall–Kier alpha value is -1.60. The van der Waals surface area contributed by atoms with Crippen LogP contribution in [-0.2, 0) is 14.3 Å². The minimum atomic E-state index is -0.582. The molecule has 1 aromatic rings. The van der Waals surface area contributed by atoms with E-state index >= 15 is 0 Å². The summed E-state index contributed by atoms with van der Waals surface area (Å²) in [5, 5.41) is 2.68. The van der Waals surface area contributed by atoms with Crippen molar-refractivity contribution >= 4 is 29.3 Å². The smallest absolute Gasteiger partial charge is 0.252 e. The molecule has 138 valence electrons. The van der Waals surface area contributed by atoms with Crippen molar-refractivity contribution in [2.45, 2.75) is 39.3 Å². The zero-order chi connectivity index (χ0) is 18.4. The van der Waals surface area contributed by atoms with Crippen LogP contribution in [0.2, 0.25) is 0 Å². The van der Waals surface area contributed by atoms with Crippen LogP contribution in [0.5, 0.6) is 0 Å². The van der Waals surface area contributed by atoms with Crippen LogP contribution < -0.4 is 5.32 Å². The van der Waals surface area contributed by atoms with Crippen LogP contribution in [0.3, 0.4) is 0 Å². The van der Waals surface area contributed by atoms with Crippen molar-refractivity contribution in [2.24, 2.45) is 5.92 Å². The number of ether oxygens (including phenoxy) is 1. The first-order chi connectivity index (χ1) is 11.9. The first-order valence-corrected chi connectivity index (χ1v) is 9.60. The van der Waals surface area contributed by atoms with Crippen LogP contribution in [0.1, 0.15) is 27.2 Å². The van der Waals surface area contributed by atoms with Gasteiger partial charge in [0.1, 0.15) is 18.0 Å². The Morgan fingerprint density at radius 3 is 2.84 bits per heavy atom. The molecule has 2 amide bonds. The van der Waals surface area contributed by atoms with Gasteiger partial charge in [-0.2, -0.15) is 0 Å². The largest absolute Gasteiger partial charge is 0.369 e. The minimum Gasteiger partial charge on any atom is -0.369 e. The molecule has 1 saturated heterocycles. The Bertz CT molecular complexity index is 612. The van der Waals surface area contributed by atoms with Crippen molar-refractivity contribution in [3.63, 3.8) is 0 Å². The third-order valence-corrected chi connectivity index (χ3v) is 4.98. The molecule has 7 heteroatoms. The average molecular weight is 368 g/mol. The van der Waals surface area contributed by atoms with Gasteiger partial charge in [-0.05, 0) is 37.5 Å². The van der Waals surface area contributed by atoms with E-state index in [0.29, 0.717) is 29.8 Å². The summed E-state index contributed by atoms with van der Waals surface area (Å²) in [4.78, 5) is 26.6. The van der Waals surface area contributed by atoms with E-state index in [0.717, 1.165) is 6.42 Å². The first kappa shape index (κ1) is 19.7. The minimum absolute atomic E-state index is 0.187. The molecule has 1 heterocycles. The van der Waals surface area contributed by atoms with Crippen molar-refractivity contribution < 1.29 is 18.7 Å². The Morgan fingerprint density at radius 1 is 1.40 bits per heavy atom. The van der Waals surface area contributed by atoms with E-state index in [1.54, 1.807) is 17.9 Å². The van der Waals surface area contributed by atoms with Gasteiger partial charge in [0.15, 0.2) is 0 Å². The van der Waals surface area contributed by atoms with E-state index < -0.39 is 18.0 Å². The molecule has 5 nitrogen and oxygen atoms in total. The van der Waals surface area contributed by atoms with Gasteiger partial charge in [-0.1, -0.05) is 19.9 Å². The van der Waals surface area contributed by atoms with Gasteiger partial charge in [0, 0.05) is 18.0 Å². The lowest BCUT2D eigenvalue weighted by Crippen LogP contribution is -2.48. The number of anilines is 1. The number of benzene rings is 1. The lowest BCUT2D eigenvalue weighted by atomic mass is 10.1. The molecule has 25 heavy (non-hydrogen) atoms. The van der Waals surface area contributed by atoms with E-state index in [1.165, 1.54) is 30.0 Å². The van der Waals surface area contributed by atoms with Gasteiger partial charge in [-0.15, -0.1) is 11.8 Å². The molecule has 1 aliphatic rings. The highest BCUT2D eigenvalue weighted by Crippen LogP contribution is 2.24. The fraction of sp³-hybridized carbons (Fsp3) is 0.556. The van der Waals surface area contributed by atoms with Crippen LogP contribution in [0.25, 0.3) is 0 Å². The number of thioether (sulfide) groups is 1. The second-order valence-corrected chi connectivity index (χ2v) is 7.52. The number of hydrogen-bond donors (Lipinski definition) is 1. The molecule has 1 aliphatic heterocycles. The second-order valence-electron chi connectivity index (χ2n) is 6.52. The highest BCUT2D eigenvalue weighted by Gasteiger charge is 2.36. The number of nitrogens with zero attached hydrogens (tertiary/aromatic N) is 1. The monoisotopic (exact) mass is 368 g/mol. The molecule has 1 aromatic carbocycles. The molecular weight excluding hydrogens is 343 g/mol. The molecule has 2 unspecified atom stereocenters. The molecule has 0 radical (unpaired) electrons. The first-order valence-electron chi connectivity index (χ1n) is 8.44. The van der Waals surface area contributed by atoms with Crippen molar-refractivity contribution in [3.05, 3.63) is 30.1 Å². The number of nitrogens with one attached hydrogen (secondary N) is 1. The van der Waals surface area contributed by atoms with Crippen molar-refractivity contribution in [1.82, 2.24) is 4.90 Å². The van der Waals surface area contributed by atoms with Crippen molar-refractivity contribution in [3.8, 4) is 0 Å². The van der Waals surface area contributed by atoms with Gasteiger partial charge in [0.25, 0.3) is 5.91 Å². The maximum atomic E-state index is 13.2. The van der Waals surface area contributed by atoms with E-state index in [1.807, 2.05) is 0 Å². The summed E-state index contributed by atoms with van der Waals surface area (Å²) in [7, 11) is 0. The van der Waals surface area contributed by atoms with Crippen molar-refractivity contribution in [2.75, 3.05) is 23.6 Å². The van der Waals surface area contributed by atoms with Gasteiger partial charge >= 0.3 is 0 Å². The second kappa shape index (κ2) is 9.20. The fourth-order valence-electron chi connectivity index (χ4n) is 2.45. The summed E-state index contributed by atoms with van der Waals surface area (Å²) in [6.07, 6.45) is 0.303. The van der Waals surface area contributed by atoms with E-state index in [9.17, 15) is 14.0 Å². The Labute approximate surface area is 152 Å². The molecular formula is C18H25FN2O3S. The van der Waals surface area contributed by atoms with Gasteiger partial charge in [-0.25, -0.2) is 4.39 Å². The normalized spacial score (nSPS) is 18.4. The summed E-state index contributed by atoms with van der Waals surface area (Å²) in [6.45, 7) is 6.43. The SMILES string of the molecule is CC(C)CCOC(C)C(=O)N1CSCC1C(=O)Nc1cccc(F)c1. The van der Waals surface area contributed by atoms with Gasteiger partial charge in [0.05, 0.1) is 5.88 Å². The number of carbonyl (C=O) groups excluding carboxylic acids is 2. The summed E-state index contributed by atoms with van der Waals surface area (Å²) < 4.78 is 18.9. The molecule has 2 rings (SSSR count). The maximum Gasteiger partial charge on any atom is 0.252 e. The molecule has 0 bridgehead atoms. The van der Waals surface area contributed by atoms with Crippen LogP contribution in [0.4, 0.5) is 10.1 Å². The summed E-state index contributed by atoms with van der Waals surface area (Å²) >= 11 is 1.52. The number of halogens is 1. The summed E-state index contributed by atoms with van der Waals surface area (Å²) in [5.74, 6) is 0.573. The highest BCUT2D eigenvalue weighted by atomic mass is 32.2. The van der Waals surface area contributed by atoms with E-state index in [2.05, 4.69) is 19.2 Å². The number of rotatable bonds is 7. The van der Waals surface area contributed by atoms with Crippen LogP contribution in [0.15, 0.2) is 24.3 Å². The Balaban J connectivity index is 1.94. The van der Waals surface area contributed by atoms with Crippen LogP contribution in [0, 0.1) is 11.7 Å². The summed E-state index contributed by atoms with van der Waals surface area (Å²) in [5.41, 5.74) is 0.385. The maximum absolute atomic E-state index is 13.2. The standard InChI is InChI=1S/C18H25FN2O3S/c1-12(2)7-8-24-13(3)18(23)21-11-25-10-16(21)17(22)20-15-6-4-5-14(19)9-15/h4-6,9,12-13,16H,7-8,10-11H2,1-3H3,(H,20,22). The predicted molar refractivity (Wildman–Crippen MR) is 97.9 cm³/mol. The van der Waals surface area contributed by atoms with E-state index in [4.69, 9.17) is 4.74 Å². The molecule has 2 atom stereocenters. The zero-order valence-corrected chi connectivity index (χ0v) is 15.6. The highest BCUT2D eigenvalue weighted by molar-refractivity contribution is 7.99. The third kappa shape index (κ3) is 5.71. The number of amides is 2. The predicted octanol–water partition coefficient (Wildman–Crippen LogP) is 3.12. The quantitative estimate of drug-likeness (QED) is 0.803. The lowest BCUT2D eigenvalue weighted by molar-refractivity contribution is -0.145. The summed E-state index contributed by atoms with van der Waals surface area (Å²) in [6, 6.07) is 5.14. The Morgan fingerprint density at radius 2 is 2.16 bits per heavy atom.